The quantitative estimate of drug-likeness (QED) is 0.825. The minimum Gasteiger partial charge on any atom is -0.399 e. The van der Waals surface area contributed by atoms with Crippen molar-refractivity contribution in [3.63, 3.8) is 0 Å². The number of nitrogens with two attached hydrogens (primary N) is 1. The predicted octanol–water partition coefficient (Wildman–Crippen LogP) is 1.19. The van der Waals surface area contributed by atoms with E-state index in [1.807, 2.05) is 30.1 Å². The van der Waals surface area contributed by atoms with Gasteiger partial charge in [0.25, 0.3) is 0 Å². The number of rotatable bonds is 3. The van der Waals surface area contributed by atoms with Crippen molar-refractivity contribution in [2.45, 2.75) is 18.4 Å². The van der Waals surface area contributed by atoms with Crippen LogP contribution in [0.15, 0.2) is 24.5 Å². The number of hydrogen-bond donors (Lipinski definition) is 2. The molecule has 21 heavy (non-hydrogen) atoms. The number of aliphatic hydroxyl groups is 1. The molecule has 3 N–H and O–H groups in total. The predicted molar refractivity (Wildman–Crippen MR) is 82.2 cm³/mol. The van der Waals surface area contributed by atoms with Gasteiger partial charge in [0.1, 0.15) is 12.1 Å². The molecule has 6 heteroatoms. The van der Waals surface area contributed by atoms with Crippen LogP contribution in [0.25, 0.3) is 10.9 Å². The second-order valence-electron chi connectivity index (χ2n) is 5.67. The third-order valence-corrected chi connectivity index (χ3v) is 3.96. The molecule has 2 aromatic rings. The largest absolute Gasteiger partial charge is 0.399 e. The molecule has 3 rings (SSSR count). The molecule has 1 aromatic carbocycles. The van der Waals surface area contributed by atoms with Gasteiger partial charge in [0.15, 0.2) is 0 Å². The first-order chi connectivity index (χ1) is 10.1. The number of nitrogen functional groups attached to an aromatic ring is 1. The van der Waals surface area contributed by atoms with Crippen molar-refractivity contribution in [3.8, 4) is 0 Å². The number of benzene rings is 1. The Morgan fingerprint density at radius 3 is 2.86 bits per heavy atom. The van der Waals surface area contributed by atoms with Crippen LogP contribution < -0.4 is 10.6 Å². The molecule has 1 aliphatic rings. The van der Waals surface area contributed by atoms with Gasteiger partial charge in [0.2, 0.25) is 0 Å². The Morgan fingerprint density at radius 2 is 2.10 bits per heavy atom. The van der Waals surface area contributed by atoms with Crippen LogP contribution in [-0.2, 0) is 4.74 Å². The van der Waals surface area contributed by atoms with Crippen molar-refractivity contribution in [1.29, 1.82) is 0 Å². The van der Waals surface area contributed by atoms with Crippen molar-refractivity contribution in [3.05, 3.63) is 24.5 Å². The molecule has 0 atom stereocenters. The molecule has 0 unspecified atom stereocenters. The summed E-state index contributed by atoms with van der Waals surface area (Å²) in [4.78, 5) is 10.6. The zero-order valence-corrected chi connectivity index (χ0v) is 12.1. The molecule has 1 aliphatic heterocycles. The van der Waals surface area contributed by atoms with Gasteiger partial charge in [-0.05, 0) is 18.2 Å². The van der Waals surface area contributed by atoms with E-state index in [-0.39, 0.29) is 0 Å². The zero-order valence-electron chi connectivity index (χ0n) is 12.1. The highest BCUT2D eigenvalue weighted by molar-refractivity contribution is 5.91. The summed E-state index contributed by atoms with van der Waals surface area (Å²) in [6.45, 7) is 1.73. The van der Waals surface area contributed by atoms with E-state index in [2.05, 4.69) is 9.97 Å². The van der Waals surface area contributed by atoms with E-state index >= 15 is 0 Å². The van der Waals surface area contributed by atoms with Gasteiger partial charge in [0, 0.05) is 50.7 Å². The standard InChI is InChI=1S/C15H20N4O2/c1-19(9-15(20)4-6-21-7-5-15)14-12-3-2-11(16)8-13(12)17-10-18-14/h2-3,8,10,20H,4-7,9,16H2,1H3. The first-order valence-electron chi connectivity index (χ1n) is 7.09. The molecule has 6 nitrogen and oxygen atoms in total. The molecule has 0 spiro atoms. The monoisotopic (exact) mass is 288 g/mol. The Labute approximate surface area is 123 Å². The molecule has 1 aromatic heterocycles. The smallest absolute Gasteiger partial charge is 0.139 e. The molecule has 0 amide bonds. The summed E-state index contributed by atoms with van der Waals surface area (Å²) in [5.74, 6) is 0.805. The van der Waals surface area contributed by atoms with Crippen LogP contribution in [-0.4, -0.2) is 47.5 Å². The molecule has 0 bridgehead atoms. The fourth-order valence-electron chi connectivity index (χ4n) is 2.79. The Balaban J connectivity index is 1.89. The molecule has 1 saturated heterocycles. The summed E-state index contributed by atoms with van der Waals surface area (Å²) in [6.07, 6.45) is 2.82. The Hall–Kier alpha value is -1.92. The van der Waals surface area contributed by atoms with Gasteiger partial charge in [-0.3, -0.25) is 0 Å². The maximum Gasteiger partial charge on any atom is 0.139 e. The van der Waals surface area contributed by atoms with Gasteiger partial charge in [-0.25, -0.2) is 9.97 Å². The maximum absolute atomic E-state index is 10.6. The molecule has 112 valence electrons. The lowest BCUT2D eigenvalue weighted by Crippen LogP contribution is -2.46. The Bertz CT molecular complexity index is 641. The highest BCUT2D eigenvalue weighted by Crippen LogP contribution is 2.27. The summed E-state index contributed by atoms with van der Waals surface area (Å²) in [7, 11) is 1.94. The van der Waals surface area contributed by atoms with Crippen molar-refractivity contribution < 1.29 is 9.84 Å². The van der Waals surface area contributed by atoms with E-state index < -0.39 is 5.60 Å². The zero-order chi connectivity index (χ0) is 14.9. The molecule has 0 radical (unpaired) electrons. The Kier molecular flexibility index (Phi) is 3.65. The van der Waals surface area contributed by atoms with Crippen LogP contribution in [0.1, 0.15) is 12.8 Å². The third-order valence-electron chi connectivity index (χ3n) is 3.96. The van der Waals surface area contributed by atoms with E-state index in [4.69, 9.17) is 10.5 Å². The highest BCUT2D eigenvalue weighted by atomic mass is 16.5. The van der Waals surface area contributed by atoms with E-state index in [0.29, 0.717) is 38.3 Å². The van der Waals surface area contributed by atoms with E-state index in [0.717, 1.165) is 16.7 Å². The number of ether oxygens (including phenoxy) is 1. The second kappa shape index (κ2) is 5.46. The second-order valence-corrected chi connectivity index (χ2v) is 5.67. The van der Waals surface area contributed by atoms with Crippen LogP contribution in [0.4, 0.5) is 11.5 Å². The number of nitrogens with zero attached hydrogens (tertiary/aromatic N) is 3. The normalized spacial score (nSPS) is 17.8. The van der Waals surface area contributed by atoms with E-state index in [1.165, 1.54) is 6.33 Å². The molecule has 1 fully saturated rings. The third kappa shape index (κ3) is 2.91. The number of anilines is 2. The van der Waals surface area contributed by atoms with Crippen molar-refractivity contribution in [2.24, 2.45) is 0 Å². The first kappa shape index (κ1) is 14.0. The number of fused-ring (bicyclic) bond motifs is 1. The minimum atomic E-state index is -0.724. The fraction of sp³-hybridized carbons (Fsp3) is 0.467. The van der Waals surface area contributed by atoms with Gasteiger partial charge >= 0.3 is 0 Å². The van der Waals surface area contributed by atoms with Crippen LogP contribution in [0.5, 0.6) is 0 Å². The van der Waals surface area contributed by atoms with E-state index in [9.17, 15) is 5.11 Å². The molecular weight excluding hydrogens is 268 g/mol. The lowest BCUT2D eigenvalue weighted by atomic mass is 9.94. The molecule has 0 aliphatic carbocycles. The minimum absolute atomic E-state index is 0.521. The van der Waals surface area contributed by atoms with Gasteiger partial charge in [-0.1, -0.05) is 0 Å². The van der Waals surface area contributed by atoms with Crippen molar-refractivity contribution in [2.75, 3.05) is 37.4 Å². The summed E-state index contributed by atoms with van der Waals surface area (Å²) >= 11 is 0. The van der Waals surface area contributed by atoms with Crippen LogP contribution >= 0.6 is 0 Å². The molecule has 0 saturated carbocycles. The molecule has 2 heterocycles. The lowest BCUT2D eigenvalue weighted by molar-refractivity contribution is -0.0573. The fourth-order valence-corrected chi connectivity index (χ4v) is 2.79. The average molecular weight is 288 g/mol. The van der Waals surface area contributed by atoms with Crippen molar-refractivity contribution in [1.82, 2.24) is 9.97 Å². The van der Waals surface area contributed by atoms with Crippen LogP contribution in [0, 0.1) is 0 Å². The Morgan fingerprint density at radius 1 is 1.33 bits per heavy atom. The summed E-state index contributed by atoms with van der Waals surface area (Å²) < 4.78 is 5.32. The topological polar surface area (TPSA) is 84.5 Å². The van der Waals surface area contributed by atoms with Gasteiger partial charge < -0.3 is 20.5 Å². The van der Waals surface area contributed by atoms with Crippen LogP contribution in [0.2, 0.25) is 0 Å². The molecular formula is C15H20N4O2. The van der Waals surface area contributed by atoms with Gasteiger partial charge in [0.05, 0.1) is 11.1 Å². The number of likely N-dealkylation sites (N-methyl/N-ethyl adjacent to an activating group) is 1. The summed E-state index contributed by atoms with van der Waals surface area (Å²) in [6, 6.07) is 5.59. The average Bonchev–Trinajstić information content (AvgIpc) is 2.46. The van der Waals surface area contributed by atoms with Gasteiger partial charge in [-0.15, -0.1) is 0 Å². The van der Waals surface area contributed by atoms with Crippen molar-refractivity contribution >= 4 is 22.4 Å². The summed E-state index contributed by atoms with van der Waals surface area (Å²) in [5, 5.41) is 11.6. The highest BCUT2D eigenvalue weighted by Gasteiger charge is 2.31. The summed E-state index contributed by atoms with van der Waals surface area (Å²) in [5.41, 5.74) is 6.56. The number of hydrogen-bond acceptors (Lipinski definition) is 6. The van der Waals surface area contributed by atoms with Crippen LogP contribution in [0.3, 0.4) is 0 Å². The van der Waals surface area contributed by atoms with E-state index in [1.54, 1.807) is 0 Å². The SMILES string of the molecule is CN(CC1(O)CCOCC1)c1ncnc2cc(N)ccc12. The maximum atomic E-state index is 10.6. The number of aromatic nitrogens is 2. The van der Waals surface area contributed by atoms with Gasteiger partial charge in [-0.2, -0.15) is 0 Å². The first-order valence-corrected chi connectivity index (χ1v) is 7.09. The lowest BCUT2D eigenvalue weighted by Gasteiger charge is -2.36.